The summed E-state index contributed by atoms with van der Waals surface area (Å²) >= 11 is 1.53. The number of fused-ring (bicyclic) bond motifs is 1. The van der Waals surface area contributed by atoms with Crippen LogP contribution in [0.3, 0.4) is 0 Å². The standard InChI is InChI=1S/C19H23N3OS/c1-5-13(2)22(12-15-9-7-6-8-10-15)18(23)17-11-16-14(3)20-21(4)19(16)24-17/h6-11,13H,5,12H2,1-4H3. The van der Waals surface area contributed by atoms with Crippen molar-refractivity contribution >= 4 is 27.5 Å². The average molecular weight is 341 g/mol. The van der Waals surface area contributed by atoms with Crippen LogP contribution in [0.4, 0.5) is 0 Å². The molecule has 1 aromatic carbocycles. The van der Waals surface area contributed by atoms with Crippen LogP contribution in [0.15, 0.2) is 36.4 Å². The highest BCUT2D eigenvalue weighted by Crippen LogP contribution is 2.29. The lowest BCUT2D eigenvalue weighted by Crippen LogP contribution is -2.37. The highest BCUT2D eigenvalue weighted by Gasteiger charge is 2.23. The van der Waals surface area contributed by atoms with Crippen LogP contribution in [0.1, 0.15) is 41.2 Å². The van der Waals surface area contributed by atoms with Crippen LogP contribution in [0.25, 0.3) is 10.2 Å². The predicted molar refractivity (Wildman–Crippen MR) is 99.4 cm³/mol. The molecule has 126 valence electrons. The van der Waals surface area contributed by atoms with E-state index in [9.17, 15) is 4.79 Å². The lowest BCUT2D eigenvalue weighted by Gasteiger charge is -2.28. The summed E-state index contributed by atoms with van der Waals surface area (Å²) in [5.74, 6) is 0.105. The Labute approximate surface area is 146 Å². The van der Waals surface area contributed by atoms with E-state index in [0.717, 1.165) is 32.8 Å². The first kappa shape index (κ1) is 16.7. The van der Waals surface area contributed by atoms with Gasteiger partial charge in [0.25, 0.3) is 5.91 Å². The number of hydrogen-bond acceptors (Lipinski definition) is 3. The molecule has 1 unspecified atom stereocenters. The number of aryl methyl sites for hydroxylation is 2. The van der Waals surface area contributed by atoms with E-state index < -0.39 is 0 Å². The summed E-state index contributed by atoms with van der Waals surface area (Å²) in [6.45, 7) is 6.86. The molecule has 0 radical (unpaired) electrons. The Morgan fingerprint density at radius 2 is 2.04 bits per heavy atom. The Hall–Kier alpha value is -2.14. The summed E-state index contributed by atoms with van der Waals surface area (Å²) < 4.78 is 1.86. The molecule has 0 fully saturated rings. The molecule has 2 aromatic heterocycles. The van der Waals surface area contributed by atoms with Gasteiger partial charge in [-0.3, -0.25) is 9.48 Å². The summed E-state index contributed by atoms with van der Waals surface area (Å²) in [7, 11) is 1.93. The lowest BCUT2D eigenvalue weighted by molar-refractivity contribution is 0.0676. The van der Waals surface area contributed by atoms with Crippen molar-refractivity contribution in [1.29, 1.82) is 0 Å². The van der Waals surface area contributed by atoms with E-state index in [1.807, 2.05) is 47.8 Å². The van der Waals surface area contributed by atoms with Crippen molar-refractivity contribution in [2.45, 2.75) is 39.8 Å². The number of benzene rings is 1. The Morgan fingerprint density at radius 3 is 2.67 bits per heavy atom. The van der Waals surface area contributed by atoms with E-state index in [0.29, 0.717) is 6.54 Å². The second-order valence-electron chi connectivity index (χ2n) is 6.21. The van der Waals surface area contributed by atoms with Crippen molar-refractivity contribution in [2.24, 2.45) is 7.05 Å². The largest absolute Gasteiger partial charge is 0.331 e. The van der Waals surface area contributed by atoms with E-state index in [1.165, 1.54) is 11.3 Å². The topological polar surface area (TPSA) is 38.1 Å². The van der Waals surface area contributed by atoms with Gasteiger partial charge in [-0.25, -0.2) is 0 Å². The second kappa shape index (κ2) is 6.77. The highest BCUT2D eigenvalue weighted by molar-refractivity contribution is 7.20. The van der Waals surface area contributed by atoms with Crippen molar-refractivity contribution in [2.75, 3.05) is 0 Å². The quantitative estimate of drug-likeness (QED) is 0.690. The molecule has 3 rings (SSSR count). The minimum Gasteiger partial charge on any atom is -0.331 e. The minimum absolute atomic E-state index is 0.105. The molecule has 0 bridgehead atoms. The molecule has 0 aliphatic heterocycles. The molecule has 3 aromatic rings. The molecule has 24 heavy (non-hydrogen) atoms. The van der Waals surface area contributed by atoms with Gasteiger partial charge in [-0.1, -0.05) is 37.3 Å². The normalized spacial score (nSPS) is 12.5. The highest BCUT2D eigenvalue weighted by atomic mass is 32.1. The number of nitrogens with zero attached hydrogens (tertiary/aromatic N) is 3. The van der Waals surface area contributed by atoms with Gasteiger partial charge < -0.3 is 4.90 Å². The number of carbonyl (C=O) groups is 1. The van der Waals surface area contributed by atoms with Crippen LogP contribution < -0.4 is 0 Å². The molecule has 0 saturated carbocycles. The monoisotopic (exact) mass is 341 g/mol. The van der Waals surface area contributed by atoms with Crippen LogP contribution in [0.2, 0.25) is 0 Å². The zero-order valence-electron chi connectivity index (χ0n) is 14.6. The lowest BCUT2D eigenvalue weighted by atomic mass is 10.1. The summed E-state index contributed by atoms with van der Waals surface area (Å²) in [6.07, 6.45) is 0.935. The molecule has 0 aliphatic carbocycles. The van der Waals surface area contributed by atoms with Gasteiger partial charge in [0, 0.05) is 25.0 Å². The molecular formula is C19H23N3OS. The summed E-state index contributed by atoms with van der Waals surface area (Å²) in [5.41, 5.74) is 2.13. The number of thiophene rings is 1. The molecular weight excluding hydrogens is 318 g/mol. The van der Waals surface area contributed by atoms with Crippen molar-refractivity contribution in [3.05, 3.63) is 52.5 Å². The zero-order chi connectivity index (χ0) is 17.3. The zero-order valence-corrected chi connectivity index (χ0v) is 15.4. The third kappa shape index (κ3) is 3.08. The second-order valence-corrected chi connectivity index (χ2v) is 7.25. The Kier molecular flexibility index (Phi) is 4.71. The molecule has 5 heteroatoms. The van der Waals surface area contributed by atoms with Gasteiger partial charge >= 0.3 is 0 Å². The molecule has 0 spiro atoms. The average Bonchev–Trinajstić information content (AvgIpc) is 3.14. The minimum atomic E-state index is 0.105. The van der Waals surface area contributed by atoms with Crippen molar-refractivity contribution in [3.8, 4) is 0 Å². The number of carbonyl (C=O) groups excluding carboxylic acids is 1. The van der Waals surface area contributed by atoms with Gasteiger partial charge in [0.1, 0.15) is 4.83 Å². The SMILES string of the molecule is CCC(C)N(Cc1ccccc1)C(=O)c1cc2c(C)nn(C)c2s1. The number of amides is 1. The molecule has 0 aliphatic rings. The fourth-order valence-corrected chi connectivity index (χ4v) is 3.96. The van der Waals surface area contributed by atoms with Gasteiger partial charge in [0.15, 0.2) is 0 Å². The Morgan fingerprint density at radius 1 is 1.33 bits per heavy atom. The number of rotatable bonds is 5. The van der Waals surface area contributed by atoms with Gasteiger partial charge in [0.05, 0.1) is 10.6 Å². The van der Waals surface area contributed by atoms with Crippen LogP contribution in [0, 0.1) is 6.92 Å². The first-order valence-corrected chi connectivity index (χ1v) is 9.11. The Balaban J connectivity index is 1.93. The fourth-order valence-electron chi connectivity index (χ4n) is 2.88. The molecule has 4 nitrogen and oxygen atoms in total. The van der Waals surface area contributed by atoms with E-state index in [2.05, 4.69) is 31.1 Å². The fraction of sp³-hybridized carbons (Fsp3) is 0.368. The van der Waals surface area contributed by atoms with E-state index in [-0.39, 0.29) is 11.9 Å². The van der Waals surface area contributed by atoms with E-state index in [4.69, 9.17) is 0 Å². The maximum atomic E-state index is 13.1. The summed E-state index contributed by atoms with van der Waals surface area (Å²) in [6, 6.07) is 12.4. The van der Waals surface area contributed by atoms with Gasteiger partial charge in [-0.2, -0.15) is 5.10 Å². The third-order valence-corrected chi connectivity index (χ3v) is 5.68. The van der Waals surface area contributed by atoms with Crippen molar-refractivity contribution in [3.63, 3.8) is 0 Å². The van der Waals surface area contributed by atoms with Crippen LogP contribution >= 0.6 is 11.3 Å². The smallest absolute Gasteiger partial charge is 0.264 e. The number of aromatic nitrogens is 2. The van der Waals surface area contributed by atoms with Gasteiger partial charge in [-0.05, 0) is 31.9 Å². The summed E-state index contributed by atoms with van der Waals surface area (Å²) in [5, 5.41) is 5.50. The van der Waals surface area contributed by atoms with Gasteiger partial charge in [0.2, 0.25) is 0 Å². The van der Waals surface area contributed by atoms with Gasteiger partial charge in [-0.15, -0.1) is 11.3 Å². The molecule has 1 amide bonds. The van der Waals surface area contributed by atoms with E-state index >= 15 is 0 Å². The van der Waals surface area contributed by atoms with Crippen molar-refractivity contribution in [1.82, 2.24) is 14.7 Å². The van der Waals surface area contributed by atoms with E-state index in [1.54, 1.807) is 0 Å². The molecule has 0 N–H and O–H groups in total. The molecule has 2 heterocycles. The first-order valence-electron chi connectivity index (χ1n) is 8.29. The number of hydrogen-bond donors (Lipinski definition) is 0. The Bertz CT molecular complexity index is 816. The third-order valence-electron chi connectivity index (χ3n) is 4.49. The van der Waals surface area contributed by atoms with Crippen LogP contribution in [0.5, 0.6) is 0 Å². The first-order chi connectivity index (χ1) is 11.5. The maximum absolute atomic E-state index is 13.1. The van der Waals surface area contributed by atoms with Crippen LogP contribution in [-0.2, 0) is 13.6 Å². The van der Waals surface area contributed by atoms with Crippen molar-refractivity contribution < 1.29 is 4.79 Å². The predicted octanol–water partition coefficient (Wildman–Crippen LogP) is 4.38. The summed E-state index contributed by atoms with van der Waals surface area (Å²) in [4.78, 5) is 17.0. The van der Waals surface area contributed by atoms with Crippen LogP contribution in [-0.4, -0.2) is 26.6 Å². The maximum Gasteiger partial charge on any atom is 0.264 e. The molecule has 0 saturated heterocycles. The molecule has 1 atom stereocenters.